The van der Waals surface area contributed by atoms with Crippen LogP contribution in [0.25, 0.3) is 0 Å². The molecule has 13 heavy (non-hydrogen) atoms. The van der Waals surface area contributed by atoms with Crippen LogP contribution in [0.15, 0.2) is 6.20 Å². The second-order valence-corrected chi connectivity index (χ2v) is 2.83. The third kappa shape index (κ3) is 3.72. The number of aryl methyl sites for hydroxylation is 1. The smallest absolute Gasteiger partial charge is 0.155 e. The fraction of sp³-hybridized carbons (Fsp3) is 0.556. The van der Waals surface area contributed by atoms with E-state index in [1.165, 1.54) is 0 Å². The zero-order chi connectivity index (χ0) is 9.52. The van der Waals surface area contributed by atoms with Crippen LogP contribution in [-0.4, -0.2) is 21.5 Å². The fourth-order valence-corrected chi connectivity index (χ4v) is 0.915. The molecular formula is C9H14N4. The molecule has 0 aliphatic rings. The Kier molecular flexibility index (Phi) is 4.00. The van der Waals surface area contributed by atoms with Crippen LogP contribution in [0.1, 0.15) is 25.0 Å². The van der Waals surface area contributed by atoms with Crippen molar-refractivity contribution >= 4 is 0 Å². The molecule has 0 spiro atoms. The Morgan fingerprint density at radius 3 is 3.00 bits per heavy atom. The Balaban J connectivity index is 2.31. The van der Waals surface area contributed by atoms with Crippen molar-refractivity contribution in [2.45, 2.75) is 19.3 Å². The van der Waals surface area contributed by atoms with Crippen LogP contribution in [-0.2, 0) is 7.05 Å². The van der Waals surface area contributed by atoms with Gasteiger partial charge in [-0.1, -0.05) is 11.1 Å². The SMILES string of the molecule is Cn1cc(C#CCCCCN)nn1. The minimum atomic E-state index is 0.732. The molecule has 2 N–H and O–H groups in total. The molecule has 1 aromatic rings. The molecule has 0 fully saturated rings. The second kappa shape index (κ2) is 5.33. The number of nitrogens with zero attached hydrogens (tertiary/aromatic N) is 3. The molecule has 0 amide bonds. The third-order valence-corrected chi connectivity index (χ3v) is 1.58. The van der Waals surface area contributed by atoms with Gasteiger partial charge in [-0.15, -0.1) is 5.10 Å². The van der Waals surface area contributed by atoms with Crippen molar-refractivity contribution < 1.29 is 0 Å². The molecule has 0 saturated heterocycles. The molecule has 4 nitrogen and oxygen atoms in total. The lowest BCUT2D eigenvalue weighted by Crippen LogP contribution is -1.96. The van der Waals surface area contributed by atoms with E-state index in [0.717, 1.165) is 31.5 Å². The summed E-state index contributed by atoms with van der Waals surface area (Å²) in [5.41, 5.74) is 6.08. The quantitative estimate of drug-likeness (QED) is 0.535. The lowest BCUT2D eigenvalue weighted by Gasteiger charge is -1.87. The summed E-state index contributed by atoms with van der Waals surface area (Å²) >= 11 is 0. The van der Waals surface area contributed by atoms with E-state index in [0.29, 0.717) is 0 Å². The number of aromatic nitrogens is 3. The van der Waals surface area contributed by atoms with E-state index in [9.17, 15) is 0 Å². The summed E-state index contributed by atoms with van der Waals surface area (Å²) in [6, 6.07) is 0. The van der Waals surface area contributed by atoms with Crippen LogP contribution in [0, 0.1) is 11.8 Å². The highest BCUT2D eigenvalue weighted by molar-refractivity contribution is 5.23. The topological polar surface area (TPSA) is 56.7 Å². The second-order valence-electron chi connectivity index (χ2n) is 2.83. The largest absolute Gasteiger partial charge is 0.330 e. The van der Waals surface area contributed by atoms with E-state index in [1.54, 1.807) is 10.9 Å². The van der Waals surface area contributed by atoms with Crippen molar-refractivity contribution in [3.63, 3.8) is 0 Å². The summed E-state index contributed by atoms with van der Waals surface area (Å²) in [7, 11) is 1.83. The maximum absolute atomic E-state index is 5.35. The van der Waals surface area contributed by atoms with E-state index in [1.807, 2.05) is 7.05 Å². The van der Waals surface area contributed by atoms with E-state index in [-0.39, 0.29) is 0 Å². The molecule has 0 aromatic carbocycles. The zero-order valence-corrected chi connectivity index (χ0v) is 7.82. The highest BCUT2D eigenvalue weighted by Crippen LogP contribution is 1.92. The maximum atomic E-state index is 5.35. The van der Waals surface area contributed by atoms with Crippen LogP contribution >= 0.6 is 0 Å². The summed E-state index contributed by atoms with van der Waals surface area (Å²) in [6.45, 7) is 0.743. The predicted octanol–water partition coefficient (Wildman–Crippen LogP) is 0.296. The number of hydrogen-bond donors (Lipinski definition) is 1. The fourth-order valence-electron chi connectivity index (χ4n) is 0.915. The van der Waals surface area contributed by atoms with Crippen LogP contribution < -0.4 is 5.73 Å². The third-order valence-electron chi connectivity index (χ3n) is 1.58. The average molecular weight is 178 g/mol. The van der Waals surface area contributed by atoms with E-state index >= 15 is 0 Å². The van der Waals surface area contributed by atoms with Crippen molar-refractivity contribution in [1.82, 2.24) is 15.0 Å². The number of unbranched alkanes of at least 4 members (excludes halogenated alkanes) is 2. The lowest BCUT2D eigenvalue weighted by molar-refractivity contribution is 0.714. The monoisotopic (exact) mass is 178 g/mol. The molecule has 1 aromatic heterocycles. The van der Waals surface area contributed by atoms with Crippen molar-refractivity contribution in [3.8, 4) is 11.8 Å². The molecule has 4 heteroatoms. The molecule has 1 heterocycles. The van der Waals surface area contributed by atoms with Gasteiger partial charge in [-0.05, 0) is 25.3 Å². The molecule has 0 atom stereocenters. The van der Waals surface area contributed by atoms with Crippen LogP contribution in [0.2, 0.25) is 0 Å². The predicted molar refractivity (Wildman–Crippen MR) is 50.8 cm³/mol. The Hall–Kier alpha value is -1.34. The molecule has 0 aliphatic carbocycles. The van der Waals surface area contributed by atoms with Crippen LogP contribution in [0.3, 0.4) is 0 Å². The van der Waals surface area contributed by atoms with Gasteiger partial charge in [-0.3, -0.25) is 4.68 Å². The van der Waals surface area contributed by atoms with Crippen molar-refractivity contribution in [2.75, 3.05) is 6.54 Å². The molecule has 0 aliphatic heterocycles. The Bertz CT molecular complexity index is 305. The molecule has 0 unspecified atom stereocenters. The number of rotatable bonds is 3. The minimum absolute atomic E-state index is 0.732. The molecule has 1 rings (SSSR count). The van der Waals surface area contributed by atoms with Gasteiger partial charge in [0.1, 0.15) is 0 Å². The minimum Gasteiger partial charge on any atom is -0.330 e. The standard InChI is InChI=1S/C9H14N4/c1-13-8-9(11-12-13)6-4-2-3-5-7-10/h8H,2-3,5,7,10H2,1H3. The number of nitrogens with two attached hydrogens (primary N) is 1. The van der Waals surface area contributed by atoms with Gasteiger partial charge in [0.2, 0.25) is 0 Å². The van der Waals surface area contributed by atoms with Crippen molar-refractivity contribution in [3.05, 3.63) is 11.9 Å². The number of hydrogen-bond acceptors (Lipinski definition) is 3. The molecular weight excluding hydrogens is 164 g/mol. The first-order chi connectivity index (χ1) is 6.33. The van der Waals surface area contributed by atoms with Gasteiger partial charge in [-0.25, -0.2) is 0 Å². The average Bonchev–Trinajstić information content (AvgIpc) is 2.51. The molecule has 0 radical (unpaired) electrons. The summed E-state index contributed by atoms with van der Waals surface area (Å²) in [4.78, 5) is 0. The highest BCUT2D eigenvalue weighted by atomic mass is 15.4. The lowest BCUT2D eigenvalue weighted by atomic mass is 10.2. The van der Waals surface area contributed by atoms with Crippen LogP contribution in [0.5, 0.6) is 0 Å². The van der Waals surface area contributed by atoms with Gasteiger partial charge in [0, 0.05) is 13.5 Å². The van der Waals surface area contributed by atoms with Gasteiger partial charge in [0.25, 0.3) is 0 Å². The van der Waals surface area contributed by atoms with Crippen molar-refractivity contribution in [2.24, 2.45) is 12.8 Å². The Morgan fingerprint density at radius 1 is 1.54 bits per heavy atom. The molecule has 0 saturated carbocycles. The summed E-state index contributed by atoms with van der Waals surface area (Å²) < 4.78 is 1.64. The van der Waals surface area contributed by atoms with E-state index < -0.39 is 0 Å². The maximum Gasteiger partial charge on any atom is 0.155 e. The van der Waals surface area contributed by atoms with E-state index in [2.05, 4.69) is 22.2 Å². The normalized spacial score (nSPS) is 9.38. The van der Waals surface area contributed by atoms with Gasteiger partial charge in [-0.2, -0.15) is 0 Å². The Labute approximate surface area is 78.1 Å². The summed E-state index contributed by atoms with van der Waals surface area (Å²) in [5, 5.41) is 7.62. The van der Waals surface area contributed by atoms with E-state index in [4.69, 9.17) is 5.73 Å². The highest BCUT2D eigenvalue weighted by Gasteiger charge is 1.90. The van der Waals surface area contributed by atoms with Crippen LogP contribution in [0.4, 0.5) is 0 Å². The van der Waals surface area contributed by atoms with Gasteiger partial charge >= 0.3 is 0 Å². The van der Waals surface area contributed by atoms with Gasteiger partial charge in [0.05, 0.1) is 6.20 Å². The first kappa shape index (κ1) is 9.75. The molecule has 70 valence electrons. The Morgan fingerprint density at radius 2 is 2.38 bits per heavy atom. The van der Waals surface area contributed by atoms with Crippen molar-refractivity contribution in [1.29, 1.82) is 0 Å². The van der Waals surface area contributed by atoms with Gasteiger partial charge in [0.15, 0.2) is 5.69 Å². The van der Waals surface area contributed by atoms with Gasteiger partial charge < -0.3 is 5.73 Å². The molecule has 0 bridgehead atoms. The first-order valence-corrected chi connectivity index (χ1v) is 4.38. The zero-order valence-electron chi connectivity index (χ0n) is 7.82. The summed E-state index contributed by atoms with van der Waals surface area (Å²) in [6.07, 6.45) is 4.78. The summed E-state index contributed by atoms with van der Waals surface area (Å²) in [5.74, 6) is 5.97. The first-order valence-electron chi connectivity index (χ1n) is 4.38.